The van der Waals surface area contributed by atoms with Gasteiger partial charge in [-0.2, -0.15) is 0 Å². The molecule has 1 heterocycles. The van der Waals surface area contributed by atoms with Crippen LogP contribution < -0.4 is 5.32 Å². The zero-order valence-electron chi connectivity index (χ0n) is 7.14. The lowest BCUT2D eigenvalue weighted by Gasteiger charge is -2.02. The van der Waals surface area contributed by atoms with Crippen LogP contribution in [0, 0.1) is 0 Å². The fourth-order valence-electron chi connectivity index (χ4n) is 1.12. The molecule has 1 amide bonds. The van der Waals surface area contributed by atoms with Gasteiger partial charge in [0.2, 0.25) is 5.91 Å². The molecule has 1 saturated heterocycles. The number of rotatable bonds is 1. The topological polar surface area (TPSA) is 55.4 Å². The van der Waals surface area contributed by atoms with Crippen molar-refractivity contribution in [1.29, 1.82) is 0 Å². The summed E-state index contributed by atoms with van der Waals surface area (Å²) in [5.74, 6) is -0.485. The van der Waals surface area contributed by atoms with E-state index >= 15 is 0 Å². The van der Waals surface area contributed by atoms with Crippen molar-refractivity contribution in [2.45, 2.75) is 20.3 Å². The summed E-state index contributed by atoms with van der Waals surface area (Å²) in [5.41, 5.74) is 1.18. The molecule has 0 aliphatic carbocycles. The van der Waals surface area contributed by atoms with Gasteiger partial charge < -0.3 is 10.1 Å². The first-order valence-corrected chi connectivity index (χ1v) is 3.75. The second kappa shape index (κ2) is 3.38. The summed E-state index contributed by atoms with van der Waals surface area (Å²) in [6.07, 6.45) is 0.588. The molecule has 66 valence electrons. The molecule has 0 atom stereocenters. The zero-order chi connectivity index (χ0) is 9.14. The van der Waals surface area contributed by atoms with Crippen molar-refractivity contribution < 1.29 is 14.3 Å². The SMILES string of the molecule is CC(=O)N/C(C)=C1/CCOC1=O. The Balaban J connectivity index is 2.74. The zero-order valence-corrected chi connectivity index (χ0v) is 7.14. The van der Waals surface area contributed by atoms with Crippen LogP contribution in [0.2, 0.25) is 0 Å². The van der Waals surface area contributed by atoms with Gasteiger partial charge >= 0.3 is 5.97 Å². The van der Waals surface area contributed by atoms with Crippen LogP contribution >= 0.6 is 0 Å². The first kappa shape index (κ1) is 8.77. The highest BCUT2D eigenvalue weighted by Gasteiger charge is 2.21. The molecular weight excluding hydrogens is 158 g/mol. The van der Waals surface area contributed by atoms with Crippen molar-refractivity contribution in [2.75, 3.05) is 6.61 Å². The lowest BCUT2D eigenvalue weighted by Crippen LogP contribution is -2.19. The normalized spacial score (nSPS) is 20.3. The molecule has 4 heteroatoms. The summed E-state index contributed by atoms with van der Waals surface area (Å²) in [6.45, 7) is 3.53. The van der Waals surface area contributed by atoms with Gasteiger partial charge in [-0.15, -0.1) is 0 Å². The minimum absolute atomic E-state index is 0.167. The molecule has 0 bridgehead atoms. The molecule has 1 rings (SSSR count). The average molecular weight is 169 g/mol. The predicted octanol–water partition coefficient (Wildman–Crippen LogP) is 0.343. The largest absolute Gasteiger partial charge is 0.462 e. The molecule has 12 heavy (non-hydrogen) atoms. The Bertz CT molecular complexity index is 255. The molecule has 1 aliphatic rings. The van der Waals surface area contributed by atoms with Crippen molar-refractivity contribution in [3.05, 3.63) is 11.3 Å². The van der Waals surface area contributed by atoms with Gasteiger partial charge in [0.25, 0.3) is 0 Å². The Morgan fingerprint density at radius 3 is 2.58 bits per heavy atom. The van der Waals surface area contributed by atoms with Gasteiger partial charge in [-0.1, -0.05) is 0 Å². The number of hydrogen-bond acceptors (Lipinski definition) is 3. The Morgan fingerprint density at radius 2 is 2.17 bits per heavy atom. The molecule has 1 N–H and O–H groups in total. The molecule has 0 aromatic heterocycles. The van der Waals surface area contributed by atoms with E-state index in [1.165, 1.54) is 6.92 Å². The minimum Gasteiger partial charge on any atom is -0.462 e. The van der Waals surface area contributed by atoms with Gasteiger partial charge in [0.1, 0.15) is 0 Å². The van der Waals surface area contributed by atoms with Crippen LogP contribution in [0.15, 0.2) is 11.3 Å². The molecule has 0 radical (unpaired) electrons. The molecular formula is C8H11NO3. The van der Waals surface area contributed by atoms with E-state index in [0.29, 0.717) is 24.3 Å². The third-order valence-electron chi connectivity index (χ3n) is 1.65. The number of hydrogen-bond donors (Lipinski definition) is 1. The first-order valence-electron chi connectivity index (χ1n) is 3.75. The van der Waals surface area contributed by atoms with Gasteiger partial charge in [-0.05, 0) is 6.92 Å². The molecule has 0 saturated carbocycles. The minimum atomic E-state index is -0.318. The third-order valence-corrected chi connectivity index (χ3v) is 1.65. The molecule has 1 aliphatic heterocycles. The number of amides is 1. The number of carbonyl (C=O) groups excluding carboxylic acids is 2. The van der Waals surface area contributed by atoms with E-state index in [-0.39, 0.29) is 11.9 Å². The summed E-state index contributed by atoms with van der Waals surface area (Å²) in [4.78, 5) is 21.6. The maximum absolute atomic E-state index is 11.0. The Kier molecular flexibility index (Phi) is 2.47. The molecule has 0 aromatic rings. The van der Waals surface area contributed by atoms with Gasteiger partial charge in [-0.25, -0.2) is 4.79 Å². The van der Waals surface area contributed by atoms with E-state index in [9.17, 15) is 9.59 Å². The Morgan fingerprint density at radius 1 is 1.50 bits per heavy atom. The monoisotopic (exact) mass is 169 g/mol. The third kappa shape index (κ3) is 1.84. The number of nitrogens with one attached hydrogen (secondary N) is 1. The van der Waals surface area contributed by atoms with Crippen LogP contribution in [-0.2, 0) is 14.3 Å². The second-order valence-electron chi connectivity index (χ2n) is 2.67. The molecule has 0 aromatic carbocycles. The number of ether oxygens (including phenoxy) is 1. The molecule has 4 nitrogen and oxygen atoms in total. The van der Waals surface area contributed by atoms with Crippen LogP contribution in [0.4, 0.5) is 0 Å². The number of allylic oxidation sites excluding steroid dienone is 1. The number of carbonyl (C=O) groups is 2. The van der Waals surface area contributed by atoms with Gasteiger partial charge in [-0.3, -0.25) is 4.79 Å². The van der Waals surface area contributed by atoms with Crippen molar-refractivity contribution in [2.24, 2.45) is 0 Å². The highest BCUT2D eigenvalue weighted by molar-refractivity contribution is 5.92. The summed E-state index contributed by atoms with van der Waals surface area (Å²) < 4.78 is 4.72. The van der Waals surface area contributed by atoms with Crippen molar-refractivity contribution in [3.8, 4) is 0 Å². The summed E-state index contributed by atoms with van der Waals surface area (Å²) in [6, 6.07) is 0. The number of esters is 1. The second-order valence-corrected chi connectivity index (χ2v) is 2.67. The fraction of sp³-hybridized carbons (Fsp3) is 0.500. The van der Waals surface area contributed by atoms with Gasteiger partial charge in [0, 0.05) is 19.0 Å². The van der Waals surface area contributed by atoms with E-state index < -0.39 is 0 Å². The molecule has 1 fully saturated rings. The van der Waals surface area contributed by atoms with Crippen LogP contribution in [0.1, 0.15) is 20.3 Å². The first-order chi connectivity index (χ1) is 5.61. The quantitative estimate of drug-likeness (QED) is 0.455. The summed E-state index contributed by atoms with van der Waals surface area (Å²) >= 11 is 0. The maximum Gasteiger partial charge on any atom is 0.335 e. The maximum atomic E-state index is 11.0. The van der Waals surface area contributed by atoms with Gasteiger partial charge in [0.15, 0.2) is 0 Å². The average Bonchev–Trinajstić information content (AvgIpc) is 2.33. The smallest absolute Gasteiger partial charge is 0.335 e. The lowest BCUT2D eigenvalue weighted by atomic mass is 10.2. The fourth-order valence-corrected chi connectivity index (χ4v) is 1.12. The Labute approximate surface area is 70.6 Å². The van der Waals surface area contributed by atoms with Crippen LogP contribution in [0.5, 0.6) is 0 Å². The number of cyclic esters (lactones) is 1. The highest BCUT2D eigenvalue weighted by atomic mass is 16.5. The summed E-state index contributed by atoms with van der Waals surface area (Å²) in [7, 11) is 0. The van der Waals surface area contributed by atoms with Crippen molar-refractivity contribution in [3.63, 3.8) is 0 Å². The lowest BCUT2D eigenvalue weighted by molar-refractivity contribution is -0.135. The van der Waals surface area contributed by atoms with E-state index in [1.54, 1.807) is 6.92 Å². The van der Waals surface area contributed by atoms with Crippen molar-refractivity contribution >= 4 is 11.9 Å². The van der Waals surface area contributed by atoms with Crippen molar-refractivity contribution in [1.82, 2.24) is 5.32 Å². The van der Waals surface area contributed by atoms with E-state index in [0.717, 1.165) is 0 Å². The van der Waals surface area contributed by atoms with E-state index in [2.05, 4.69) is 5.32 Å². The molecule has 0 spiro atoms. The Hall–Kier alpha value is -1.32. The predicted molar refractivity (Wildman–Crippen MR) is 42.1 cm³/mol. The summed E-state index contributed by atoms with van der Waals surface area (Å²) in [5, 5.41) is 2.55. The van der Waals surface area contributed by atoms with Crippen LogP contribution in [-0.4, -0.2) is 18.5 Å². The molecule has 0 unspecified atom stereocenters. The van der Waals surface area contributed by atoms with E-state index in [1.807, 2.05) is 0 Å². The standard InChI is InChI=1S/C8H11NO3/c1-5(9-6(2)10)7-3-4-12-8(7)11/h3-4H2,1-2H3,(H,9,10)/b7-5-. The van der Waals surface area contributed by atoms with E-state index in [4.69, 9.17) is 4.74 Å². The van der Waals surface area contributed by atoms with Crippen LogP contribution in [0.3, 0.4) is 0 Å². The van der Waals surface area contributed by atoms with Gasteiger partial charge in [0.05, 0.1) is 12.2 Å². The van der Waals surface area contributed by atoms with Crippen LogP contribution in [0.25, 0.3) is 0 Å². The highest BCUT2D eigenvalue weighted by Crippen LogP contribution is 2.15.